The van der Waals surface area contributed by atoms with Crippen LogP contribution in [0.1, 0.15) is 102 Å². The van der Waals surface area contributed by atoms with Crippen LogP contribution in [-0.2, 0) is 28.6 Å². The van der Waals surface area contributed by atoms with Gasteiger partial charge in [-0.1, -0.05) is 83.4 Å². The highest BCUT2D eigenvalue weighted by Crippen LogP contribution is 2.44. The van der Waals surface area contributed by atoms with E-state index in [9.17, 15) is 29.7 Å². The minimum absolute atomic E-state index is 0.0203. The van der Waals surface area contributed by atoms with E-state index < -0.39 is 45.6 Å². The summed E-state index contributed by atoms with van der Waals surface area (Å²) in [5, 5.41) is 27.9. The van der Waals surface area contributed by atoms with Crippen LogP contribution >= 0.6 is 0 Å². The molecule has 1 aromatic rings. The normalized spacial score (nSPS) is 20.0. The molecule has 3 rings (SSSR count). The zero-order valence-corrected chi connectivity index (χ0v) is 34.4. The van der Waals surface area contributed by atoms with Crippen LogP contribution in [0, 0.1) is 17.8 Å². The molecule has 2 aliphatic carbocycles. The number of Topliss-reactive ketones (excluding diaryl/α,β-unsaturated/α-hetero) is 1. The van der Waals surface area contributed by atoms with Crippen LogP contribution in [0.2, 0.25) is 18.1 Å². The highest BCUT2D eigenvalue weighted by Gasteiger charge is 2.35. The Morgan fingerprint density at radius 3 is 1.76 bits per heavy atom. The molecule has 0 atom stereocenters. The molecule has 0 bridgehead atoms. The summed E-state index contributed by atoms with van der Waals surface area (Å²) in [5.74, 6) is 2.32. The van der Waals surface area contributed by atoms with E-state index >= 15 is 0 Å². The largest absolute Gasteiger partial charge is 0.494 e. The fraction of sp³-hybridized carbons (Fsp3) is 0.659. The number of unbranched alkanes of at least 4 members (excludes halogenated alkanes) is 2. The van der Waals surface area contributed by atoms with E-state index in [-0.39, 0.29) is 42.8 Å². The van der Waals surface area contributed by atoms with Gasteiger partial charge in [0.25, 0.3) is 0 Å². The van der Waals surface area contributed by atoms with Gasteiger partial charge in [-0.15, -0.1) is 0 Å². The number of carbonyl (C=O) groups is 3. The van der Waals surface area contributed by atoms with Crippen molar-refractivity contribution in [2.45, 2.75) is 114 Å². The number of benzene rings is 1. The van der Waals surface area contributed by atoms with Gasteiger partial charge in [-0.2, -0.15) is 0 Å². The van der Waals surface area contributed by atoms with Crippen molar-refractivity contribution in [3.63, 3.8) is 0 Å². The topological polar surface area (TPSA) is 149 Å². The molecule has 0 saturated heterocycles. The highest BCUT2D eigenvalue weighted by atomic mass is 28.3. The lowest BCUT2D eigenvalue weighted by atomic mass is 9.68. The Kier molecular flexibility index (Phi) is 21.2. The minimum atomic E-state index is -2.62. The van der Waals surface area contributed by atoms with Crippen molar-refractivity contribution >= 4 is 25.8 Å². The van der Waals surface area contributed by atoms with Gasteiger partial charge in [0.2, 0.25) is 0 Å². The van der Waals surface area contributed by atoms with Crippen LogP contribution in [0.4, 0.5) is 0 Å². The number of rotatable bonds is 27. The summed E-state index contributed by atoms with van der Waals surface area (Å²) >= 11 is 0. The van der Waals surface area contributed by atoms with Gasteiger partial charge in [-0.25, -0.2) is 9.59 Å². The predicted molar refractivity (Wildman–Crippen MR) is 217 cm³/mol. The molecular formula is C44H68O10Si. The Hall–Kier alpha value is -3.09. The summed E-state index contributed by atoms with van der Waals surface area (Å²) in [6.07, 6.45) is 17.2. The molecule has 2 aliphatic rings. The third-order valence-corrected chi connectivity index (χ3v) is 16.7. The monoisotopic (exact) mass is 784 g/mol. The molecule has 0 spiro atoms. The zero-order valence-electron chi connectivity index (χ0n) is 33.4. The Labute approximate surface area is 330 Å². The Bertz CT molecular complexity index is 1280. The number of esters is 2. The van der Waals surface area contributed by atoms with E-state index in [1.165, 1.54) is 82.6 Å². The highest BCUT2D eigenvalue weighted by molar-refractivity contribution is 6.80. The smallest absolute Gasteiger partial charge is 0.335 e. The van der Waals surface area contributed by atoms with Crippen LogP contribution < -0.4 is 4.74 Å². The van der Waals surface area contributed by atoms with Crippen molar-refractivity contribution in [1.82, 2.24) is 0 Å². The van der Waals surface area contributed by atoms with Crippen molar-refractivity contribution in [1.29, 1.82) is 0 Å². The Morgan fingerprint density at radius 2 is 1.24 bits per heavy atom. The molecule has 308 valence electrons. The standard InChI is InChI=1S/C44H68O10Si/c1-5-6-7-9-36-10-12-37(13-11-36)38-14-16-39(17-15-38)40-18-20-41(21-19-40)52-22-8-25-55(26-23-53-43(49)34(3)29-46,27-24-54-44(50)35(4)30-47)32-51-31-42(48)33(2)28-45/h18-21,36-39,45-47H,2-17,22-32H2,1H3. The van der Waals surface area contributed by atoms with Gasteiger partial charge in [0, 0.05) is 11.8 Å². The second-order valence-corrected chi connectivity index (χ2v) is 20.7. The summed E-state index contributed by atoms with van der Waals surface area (Å²) in [6.45, 7) is 11.6. The summed E-state index contributed by atoms with van der Waals surface area (Å²) in [4.78, 5) is 36.9. The van der Waals surface area contributed by atoms with Gasteiger partial charge in [0.15, 0.2) is 5.78 Å². The van der Waals surface area contributed by atoms with Crippen LogP contribution in [0.5, 0.6) is 5.75 Å². The average Bonchev–Trinajstić information content (AvgIpc) is 3.21. The Balaban J connectivity index is 1.55. The lowest BCUT2D eigenvalue weighted by molar-refractivity contribution is -0.139. The first-order chi connectivity index (χ1) is 26.5. The van der Waals surface area contributed by atoms with Crippen molar-refractivity contribution in [3.8, 4) is 5.75 Å². The molecule has 0 radical (unpaired) electrons. The van der Waals surface area contributed by atoms with E-state index in [1.54, 1.807) is 0 Å². The van der Waals surface area contributed by atoms with E-state index in [1.807, 2.05) is 0 Å². The first kappa shape index (κ1) is 46.3. The maximum absolute atomic E-state index is 12.4. The van der Waals surface area contributed by atoms with E-state index in [4.69, 9.17) is 18.9 Å². The number of aliphatic hydroxyl groups excluding tert-OH is 3. The number of aliphatic hydroxyl groups is 3. The van der Waals surface area contributed by atoms with Crippen molar-refractivity contribution in [2.24, 2.45) is 17.8 Å². The first-order valence-corrected chi connectivity index (χ1v) is 23.4. The third-order valence-electron chi connectivity index (χ3n) is 11.9. The van der Waals surface area contributed by atoms with Crippen LogP contribution in [-0.4, -0.2) is 93.6 Å². The molecule has 3 N–H and O–H groups in total. The molecule has 1 aromatic carbocycles. The van der Waals surface area contributed by atoms with Gasteiger partial charge in [0.1, 0.15) is 12.4 Å². The molecular weight excluding hydrogens is 717 g/mol. The zero-order chi connectivity index (χ0) is 40.1. The number of ketones is 1. The van der Waals surface area contributed by atoms with Crippen molar-refractivity contribution < 1.29 is 48.7 Å². The lowest BCUT2D eigenvalue weighted by Crippen LogP contribution is -2.44. The van der Waals surface area contributed by atoms with Crippen molar-refractivity contribution in [3.05, 3.63) is 66.3 Å². The Morgan fingerprint density at radius 1 is 0.691 bits per heavy atom. The van der Waals surface area contributed by atoms with Crippen LogP contribution in [0.25, 0.3) is 0 Å². The van der Waals surface area contributed by atoms with Gasteiger partial charge < -0.3 is 34.3 Å². The number of carbonyl (C=O) groups excluding carboxylic acids is 3. The van der Waals surface area contributed by atoms with Gasteiger partial charge in [0.05, 0.1) is 58.9 Å². The second-order valence-electron chi connectivity index (χ2n) is 15.9. The van der Waals surface area contributed by atoms with E-state index in [0.717, 1.165) is 23.5 Å². The first-order valence-electron chi connectivity index (χ1n) is 20.6. The average molecular weight is 785 g/mol. The summed E-state index contributed by atoms with van der Waals surface area (Å²) in [7, 11) is -2.62. The lowest BCUT2D eigenvalue weighted by Gasteiger charge is -2.38. The summed E-state index contributed by atoms with van der Waals surface area (Å²) in [5.41, 5.74) is 1.29. The molecule has 0 unspecified atom stereocenters. The SMILES string of the molecule is C=C(CO)C(=O)COC[Si](CCCOc1ccc(C2CCC(C3CCC(CCCCC)CC3)CC2)cc1)(CCOC(=O)C(=C)CO)CCOC(=O)C(=C)CO. The predicted octanol–water partition coefficient (Wildman–Crippen LogP) is 7.42. The molecule has 0 amide bonds. The molecule has 2 fully saturated rings. The molecule has 11 heteroatoms. The maximum atomic E-state index is 12.4. The fourth-order valence-electron chi connectivity index (χ4n) is 8.22. The maximum Gasteiger partial charge on any atom is 0.335 e. The van der Waals surface area contributed by atoms with E-state index in [2.05, 4.69) is 50.9 Å². The molecule has 0 heterocycles. The van der Waals surface area contributed by atoms with Crippen LogP contribution in [0.3, 0.4) is 0 Å². The third kappa shape index (κ3) is 16.1. The minimum Gasteiger partial charge on any atom is -0.494 e. The second kappa shape index (κ2) is 25.2. The van der Waals surface area contributed by atoms with Crippen LogP contribution in [0.15, 0.2) is 60.7 Å². The van der Waals surface area contributed by atoms with Gasteiger partial charge >= 0.3 is 11.9 Å². The number of hydrogen-bond acceptors (Lipinski definition) is 10. The molecule has 0 aromatic heterocycles. The van der Waals surface area contributed by atoms with Crippen molar-refractivity contribution in [2.75, 3.05) is 52.5 Å². The summed E-state index contributed by atoms with van der Waals surface area (Å²) < 4.78 is 22.8. The number of hydrogen-bond donors (Lipinski definition) is 3. The van der Waals surface area contributed by atoms with Gasteiger partial charge in [-0.3, -0.25) is 4.79 Å². The molecule has 0 aliphatic heterocycles. The fourth-order valence-corrected chi connectivity index (χ4v) is 11.9. The molecule has 2 saturated carbocycles. The number of ether oxygens (including phenoxy) is 4. The van der Waals surface area contributed by atoms with E-state index in [0.29, 0.717) is 37.1 Å². The summed E-state index contributed by atoms with van der Waals surface area (Å²) in [6, 6.07) is 9.99. The molecule has 55 heavy (non-hydrogen) atoms. The van der Waals surface area contributed by atoms with Gasteiger partial charge in [-0.05, 0) is 98.4 Å². The molecule has 10 nitrogen and oxygen atoms in total. The quantitative estimate of drug-likeness (QED) is 0.0356.